The molecule has 2 heterocycles. The van der Waals surface area contributed by atoms with Crippen molar-refractivity contribution in [3.05, 3.63) is 81.2 Å². The van der Waals surface area contributed by atoms with Crippen LogP contribution in [0.15, 0.2) is 59.5 Å². The fourth-order valence-electron chi connectivity index (χ4n) is 2.18. The van der Waals surface area contributed by atoms with Gasteiger partial charge < -0.3 is 0 Å². The van der Waals surface area contributed by atoms with E-state index in [1.165, 1.54) is 4.68 Å². The average molecular weight is 312 g/mol. The van der Waals surface area contributed by atoms with Crippen molar-refractivity contribution in [2.75, 3.05) is 0 Å². The monoisotopic (exact) mass is 311 g/mol. The van der Waals surface area contributed by atoms with Crippen LogP contribution in [0.1, 0.15) is 11.1 Å². The molecule has 1 aromatic carbocycles. The molecule has 0 saturated carbocycles. The van der Waals surface area contributed by atoms with Crippen molar-refractivity contribution < 1.29 is 0 Å². The molecule has 0 fully saturated rings. The van der Waals surface area contributed by atoms with Gasteiger partial charge in [-0.25, -0.2) is 4.68 Å². The van der Waals surface area contributed by atoms with Gasteiger partial charge in [0.15, 0.2) is 0 Å². The molecule has 5 heteroatoms. The van der Waals surface area contributed by atoms with Crippen LogP contribution in [0.2, 0.25) is 5.02 Å². The van der Waals surface area contributed by atoms with Crippen LogP contribution in [0.4, 0.5) is 0 Å². The summed E-state index contributed by atoms with van der Waals surface area (Å²) >= 11 is 5.88. The molecule has 0 aliphatic rings. The highest BCUT2D eigenvalue weighted by Crippen LogP contribution is 2.14. The topological polar surface area (TPSA) is 47.8 Å². The van der Waals surface area contributed by atoms with Crippen molar-refractivity contribution in [2.24, 2.45) is 0 Å². The molecule has 2 aromatic heterocycles. The number of benzene rings is 1. The summed E-state index contributed by atoms with van der Waals surface area (Å²) in [5.74, 6) is 0. The maximum absolute atomic E-state index is 12.3. The summed E-state index contributed by atoms with van der Waals surface area (Å²) in [5.41, 5.74) is 2.94. The molecule has 0 aliphatic heterocycles. The number of aromatic nitrogens is 3. The van der Waals surface area contributed by atoms with Crippen molar-refractivity contribution in [1.82, 2.24) is 14.8 Å². The van der Waals surface area contributed by atoms with Gasteiger partial charge in [-0.05, 0) is 42.8 Å². The minimum absolute atomic E-state index is 0.102. The van der Waals surface area contributed by atoms with Gasteiger partial charge in [-0.3, -0.25) is 9.78 Å². The first-order chi connectivity index (χ1) is 10.6. The van der Waals surface area contributed by atoms with E-state index in [0.29, 0.717) is 22.8 Å². The van der Waals surface area contributed by atoms with Crippen molar-refractivity contribution in [3.8, 4) is 11.4 Å². The minimum atomic E-state index is -0.102. The first kappa shape index (κ1) is 14.5. The molecule has 0 spiro atoms. The summed E-state index contributed by atoms with van der Waals surface area (Å²) in [6, 6.07) is 14.8. The molecule has 22 heavy (non-hydrogen) atoms. The van der Waals surface area contributed by atoms with Gasteiger partial charge in [0.05, 0.1) is 12.2 Å². The smallest absolute Gasteiger partial charge is 0.268 e. The summed E-state index contributed by atoms with van der Waals surface area (Å²) in [4.78, 5) is 16.6. The van der Waals surface area contributed by atoms with Crippen LogP contribution >= 0.6 is 11.6 Å². The Morgan fingerprint density at radius 1 is 1.09 bits per heavy atom. The van der Waals surface area contributed by atoms with Gasteiger partial charge in [0.25, 0.3) is 5.56 Å². The van der Waals surface area contributed by atoms with E-state index in [2.05, 4.69) is 10.1 Å². The summed E-state index contributed by atoms with van der Waals surface area (Å²) in [6.07, 6.45) is 1.71. The standard InChI is InChI=1S/C17H14ClN3O/c1-12-10-16(15-4-2-3-9-19-15)20-21(17(12)22)11-13-5-7-14(18)8-6-13/h2-10H,11H2,1H3. The molecule has 0 radical (unpaired) electrons. The zero-order valence-electron chi connectivity index (χ0n) is 12.0. The van der Waals surface area contributed by atoms with Crippen LogP contribution in [0.3, 0.4) is 0 Å². The van der Waals surface area contributed by atoms with E-state index in [1.54, 1.807) is 31.3 Å². The van der Waals surface area contributed by atoms with E-state index in [4.69, 9.17) is 11.6 Å². The van der Waals surface area contributed by atoms with Gasteiger partial charge in [-0.15, -0.1) is 0 Å². The van der Waals surface area contributed by atoms with Crippen LogP contribution in [-0.2, 0) is 6.54 Å². The van der Waals surface area contributed by atoms with E-state index in [0.717, 1.165) is 11.3 Å². The van der Waals surface area contributed by atoms with Gasteiger partial charge in [0, 0.05) is 16.8 Å². The highest BCUT2D eigenvalue weighted by atomic mass is 35.5. The third-order valence-electron chi connectivity index (χ3n) is 3.33. The molecular weight excluding hydrogens is 298 g/mol. The molecule has 0 amide bonds. The summed E-state index contributed by atoms with van der Waals surface area (Å²) in [5, 5.41) is 5.10. The first-order valence-corrected chi connectivity index (χ1v) is 7.26. The quantitative estimate of drug-likeness (QED) is 0.745. The molecule has 0 N–H and O–H groups in total. The van der Waals surface area contributed by atoms with Crippen molar-refractivity contribution in [3.63, 3.8) is 0 Å². The summed E-state index contributed by atoms with van der Waals surface area (Å²) < 4.78 is 1.46. The van der Waals surface area contributed by atoms with Crippen molar-refractivity contribution in [2.45, 2.75) is 13.5 Å². The highest BCUT2D eigenvalue weighted by Gasteiger charge is 2.08. The van der Waals surface area contributed by atoms with Crippen LogP contribution < -0.4 is 5.56 Å². The van der Waals surface area contributed by atoms with Crippen molar-refractivity contribution in [1.29, 1.82) is 0 Å². The molecule has 0 unspecified atom stereocenters. The minimum Gasteiger partial charge on any atom is -0.268 e. The van der Waals surface area contributed by atoms with E-state index < -0.39 is 0 Å². The fourth-order valence-corrected chi connectivity index (χ4v) is 2.31. The molecule has 0 saturated heterocycles. The van der Waals surface area contributed by atoms with Gasteiger partial charge in [0.1, 0.15) is 5.69 Å². The summed E-state index contributed by atoms with van der Waals surface area (Å²) in [6.45, 7) is 2.19. The number of hydrogen-bond donors (Lipinski definition) is 0. The molecule has 4 nitrogen and oxygen atoms in total. The lowest BCUT2D eigenvalue weighted by atomic mass is 10.2. The Morgan fingerprint density at radius 3 is 2.55 bits per heavy atom. The Labute approximate surface area is 133 Å². The van der Waals surface area contributed by atoms with E-state index in [1.807, 2.05) is 30.3 Å². The second kappa shape index (κ2) is 6.12. The number of aryl methyl sites for hydroxylation is 1. The van der Waals surface area contributed by atoms with Gasteiger partial charge in [-0.1, -0.05) is 29.8 Å². The molecule has 110 valence electrons. The number of rotatable bonds is 3. The molecule has 0 atom stereocenters. The summed E-state index contributed by atoms with van der Waals surface area (Å²) in [7, 11) is 0. The normalized spacial score (nSPS) is 10.6. The Hall–Kier alpha value is -2.46. The zero-order chi connectivity index (χ0) is 15.5. The SMILES string of the molecule is Cc1cc(-c2ccccn2)nn(Cc2ccc(Cl)cc2)c1=O. The van der Waals surface area contributed by atoms with Gasteiger partial charge >= 0.3 is 0 Å². The predicted octanol–water partition coefficient (Wildman–Crippen LogP) is 3.32. The highest BCUT2D eigenvalue weighted by molar-refractivity contribution is 6.30. The lowest BCUT2D eigenvalue weighted by molar-refractivity contribution is 0.637. The van der Waals surface area contributed by atoms with Crippen LogP contribution in [0.5, 0.6) is 0 Å². The average Bonchev–Trinajstić information content (AvgIpc) is 2.54. The van der Waals surface area contributed by atoms with Crippen molar-refractivity contribution >= 4 is 11.6 Å². The lowest BCUT2D eigenvalue weighted by Crippen LogP contribution is -2.25. The van der Waals surface area contributed by atoms with E-state index >= 15 is 0 Å². The molecule has 0 aliphatic carbocycles. The third-order valence-corrected chi connectivity index (χ3v) is 3.58. The predicted molar refractivity (Wildman–Crippen MR) is 87.0 cm³/mol. The lowest BCUT2D eigenvalue weighted by Gasteiger charge is -2.09. The molecular formula is C17H14ClN3O. The fraction of sp³-hybridized carbons (Fsp3) is 0.118. The van der Waals surface area contributed by atoms with Crippen LogP contribution in [-0.4, -0.2) is 14.8 Å². The second-order valence-corrected chi connectivity index (χ2v) is 5.45. The van der Waals surface area contributed by atoms with E-state index in [-0.39, 0.29) is 5.56 Å². The largest absolute Gasteiger partial charge is 0.270 e. The Balaban J connectivity index is 2.02. The third kappa shape index (κ3) is 3.07. The molecule has 3 aromatic rings. The van der Waals surface area contributed by atoms with Gasteiger partial charge in [0.2, 0.25) is 0 Å². The zero-order valence-corrected chi connectivity index (χ0v) is 12.8. The number of nitrogens with zero attached hydrogens (tertiary/aromatic N) is 3. The number of halogens is 1. The van der Waals surface area contributed by atoms with E-state index in [9.17, 15) is 4.79 Å². The Morgan fingerprint density at radius 2 is 1.86 bits per heavy atom. The Bertz CT molecular complexity index is 842. The maximum atomic E-state index is 12.3. The number of hydrogen-bond acceptors (Lipinski definition) is 3. The molecule has 3 rings (SSSR count). The first-order valence-electron chi connectivity index (χ1n) is 6.88. The second-order valence-electron chi connectivity index (χ2n) is 5.02. The maximum Gasteiger partial charge on any atom is 0.270 e. The van der Waals surface area contributed by atoms with Crippen LogP contribution in [0.25, 0.3) is 11.4 Å². The van der Waals surface area contributed by atoms with Gasteiger partial charge in [-0.2, -0.15) is 5.10 Å². The van der Waals surface area contributed by atoms with Crippen LogP contribution in [0, 0.1) is 6.92 Å². The molecule has 0 bridgehead atoms. The Kier molecular flexibility index (Phi) is 4.02. The number of pyridine rings is 1.